The summed E-state index contributed by atoms with van der Waals surface area (Å²) in [6.07, 6.45) is -0.633. The van der Waals surface area contributed by atoms with Crippen molar-refractivity contribution < 1.29 is 23.1 Å². The molecule has 0 atom stereocenters. The van der Waals surface area contributed by atoms with Crippen LogP contribution in [0.15, 0.2) is 0 Å². The number of alkyl carbamates (subject to hydrolysis) is 1. The quantitative estimate of drug-likeness (QED) is 0.613. The predicted octanol–water partition coefficient (Wildman–Crippen LogP) is -0.860. The fraction of sp³-hybridized carbons (Fsp3) is 0.857. The summed E-state index contributed by atoms with van der Waals surface area (Å²) in [6, 6.07) is 0. The first-order chi connectivity index (χ1) is 6.52. The minimum absolute atomic E-state index is 0.186. The molecule has 7 heteroatoms. The van der Waals surface area contributed by atoms with Gasteiger partial charge in [-0.15, -0.1) is 0 Å². The molecule has 0 bridgehead atoms. The second-order valence-electron chi connectivity index (χ2n) is 2.54. The van der Waals surface area contributed by atoms with E-state index in [2.05, 4.69) is 10.1 Å². The minimum Gasteiger partial charge on any atom is -0.448 e. The summed E-state index contributed by atoms with van der Waals surface area (Å²) < 4.78 is 26.6. The third kappa shape index (κ3) is 6.67. The normalized spacial score (nSPS) is 11.0. The van der Waals surface area contributed by atoms with Gasteiger partial charge in [-0.2, -0.15) is 0 Å². The van der Waals surface area contributed by atoms with Gasteiger partial charge in [0.25, 0.3) is 0 Å². The SMILES string of the molecule is CCNC(=O)OCCS(=O)(=O)CCO. The lowest BCUT2D eigenvalue weighted by molar-refractivity contribution is 0.153. The molecule has 1 amide bonds. The Balaban J connectivity index is 3.68. The number of aliphatic hydroxyl groups is 1. The Hall–Kier alpha value is -0.820. The van der Waals surface area contributed by atoms with Crippen LogP contribution in [0.25, 0.3) is 0 Å². The first-order valence-electron chi connectivity index (χ1n) is 4.23. The number of amides is 1. The summed E-state index contributed by atoms with van der Waals surface area (Å²) >= 11 is 0. The molecule has 0 aromatic heterocycles. The molecule has 0 aliphatic heterocycles. The van der Waals surface area contributed by atoms with Gasteiger partial charge >= 0.3 is 6.09 Å². The zero-order valence-corrected chi connectivity index (χ0v) is 8.84. The molecule has 0 rings (SSSR count). The molecule has 6 nitrogen and oxygen atoms in total. The van der Waals surface area contributed by atoms with E-state index in [9.17, 15) is 13.2 Å². The van der Waals surface area contributed by atoms with Gasteiger partial charge in [-0.1, -0.05) is 0 Å². The molecular formula is C7H15NO5S. The van der Waals surface area contributed by atoms with Gasteiger partial charge in [0.2, 0.25) is 0 Å². The molecule has 0 aromatic carbocycles. The standard InChI is InChI=1S/C7H15NO5S/c1-2-8-7(10)13-4-6-14(11,12)5-3-9/h9H,2-6H2,1H3,(H,8,10). The van der Waals surface area contributed by atoms with Crippen molar-refractivity contribution in [3.8, 4) is 0 Å². The van der Waals surface area contributed by atoms with Crippen molar-refractivity contribution >= 4 is 15.9 Å². The molecule has 0 fully saturated rings. The van der Waals surface area contributed by atoms with E-state index in [1.807, 2.05) is 0 Å². The third-order valence-electron chi connectivity index (χ3n) is 1.35. The van der Waals surface area contributed by atoms with Crippen LogP contribution in [0.2, 0.25) is 0 Å². The van der Waals surface area contributed by atoms with Crippen molar-refractivity contribution in [2.75, 3.05) is 31.3 Å². The van der Waals surface area contributed by atoms with Crippen LogP contribution in [-0.2, 0) is 14.6 Å². The number of hydrogen-bond donors (Lipinski definition) is 2. The number of ether oxygens (including phenoxy) is 1. The largest absolute Gasteiger partial charge is 0.448 e. The maximum absolute atomic E-state index is 11.0. The van der Waals surface area contributed by atoms with Gasteiger partial charge in [-0.05, 0) is 6.92 Å². The Bertz CT molecular complexity index is 261. The van der Waals surface area contributed by atoms with E-state index in [1.54, 1.807) is 6.92 Å². The highest BCUT2D eigenvalue weighted by Crippen LogP contribution is 1.90. The second-order valence-corrected chi connectivity index (χ2v) is 4.85. The molecular weight excluding hydrogens is 210 g/mol. The van der Waals surface area contributed by atoms with Gasteiger partial charge in [0.15, 0.2) is 9.84 Å². The molecule has 0 unspecified atom stereocenters. The smallest absolute Gasteiger partial charge is 0.407 e. The Morgan fingerprint density at radius 1 is 1.43 bits per heavy atom. The Morgan fingerprint density at radius 3 is 2.57 bits per heavy atom. The van der Waals surface area contributed by atoms with Crippen LogP contribution < -0.4 is 5.32 Å². The summed E-state index contributed by atoms with van der Waals surface area (Å²) in [5, 5.41) is 10.8. The first kappa shape index (κ1) is 13.2. The van der Waals surface area contributed by atoms with Crippen molar-refractivity contribution in [1.29, 1.82) is 0 Å². The van der Waals surface area contributed by atoms with Gasteiger partial charge in [-0.25, -0.2) is 13.2 Å². The highest BCUT2D eigenvalue weighted by molar-refractivity contribution is 7.91. The molecule has 0 saturated carbocycles. The van der Waals surface area contributed by atoms with Crippen molar-refractivity contribution in [3.05, 3.63) is 0 Å². The van der Waals surface area contributed by atoms with Crippen LogP contribution in [-0.4, -0.2) is 50.9 Å². The number of sulfone groups is 1. The molecule has 0 saturated heterocycles. The van der Waals surface area contributed by atoms with Crippen molar-refractivity contribution in [2.24, 2.45) is 0 Å². The van der Waals surface area contributed by atoms with E-state index in [0.29, 0.717) is 6.54 Å². The monoisotopic (exact) mass is 225 g/mol. The zero-order chi connectivity index (χ0) is 11.0. The average Bonchev–Trinajstić information content (AvgIpc) is 2.03. The summed E-state index contributed by atoms with van der Waals surface area (Å²) in [4.78, 5) is 10.7. The predicted molar refractivity (Wildman–Crippen MR) is 50.8 cm³/mol. The van der Waals surface area contributed by atoms with Crippen molar-refractivity contribution in [1.82, 2.24) is 5.32 Å². The lowest BCUT2D eigenvalue weighted by Gasteiger charge is -2.05. The Kier molecular flexibility index (Phi) is 6.22. The number of rotatable bonds is 6. The molecule has 0 radical (unpaired) electrons. The van der Waals surface area contributed by atoms with E-state index < -0.39 is 22.5 Å². The molecule has 14 heavy (non-hydrogen) atoms. The van der Waals surface area contributed by atoms with Gasteiger partial charge in [0.1, 0.15) is 6.61 Å². The van der Waals surface area contributed by atoms with Gasteiger partial charge in [-0.3, -0.25) is 0 Å². The molecule has 0 spiro atoms. The third-order valence-corrected chi connectivity index (χ3v) is 2.94. The molecule has 0 aliphatic rings. The summed E-state index contributed by atoms with van der Waals surface area (Å²) in [5.41, 5.74) is 0. The van der Waals surface area contributed by atoms with Gasteiger partial charge in [0, 0.05) is 6.54 Å². The lowest BCUT2D eigenvalue weighted by atomic mass is 10.7. The van der Waals surface area contributed by atoms with Crippen LogP contribution >= 0.6 is 0 Å². The fourth-order valence-electron chi connectivity index (χ4n) is 0.698. The topological polar surface area (TPSA) is 92.7 Å². The Morgan fingerprint density at radius 2 is 2.07 bits per heavy atom. The number of aliphatic hydroxyl groups excluding tert-OH is 1. The molecule has 0 aromatic rings. The highest BCUT2D eigenvalue weighted by atomic mass is 32.2. The van der Waals surface area contributed by atoms with Crippen molar-refractivity contribution in [2.45, 2.75) is 6.92 Å². The van der Waals surface area contributed by atoms with Crippen LogP contribution in [0.5, 0.6) is 0 Å². The maximum atomic E-state index is 11.0. The molecule has 0 heterocycles. The number of hydrogen-bond acceptors (Lipinski definition) is 5. The molecule has 84 valence electrons. The molecule has 2 N–H and O–H groups in total. The van der Waals surface area contributed by atoms with Crippen LogP contribution in [0.1, 0.15) is 6.92 Å². The van der Waals surface area contributed by atoms with E-state index in [4.69, 9.17) is 5.11 Å². The number of carbonyl (C=O) groups excluding carboxylic acids is 1. The average molecular weight is 225 g/mol. The van der Waals surface area contributed by atoms with E-state index in [-0.39, 0.29) is 18.1 Å². The van der Waals surface area contributed by atoms with Crippen LogP contribution in [0.3, 0.4) is 0 Å². The van der Waals surface area contributed by atoms with Gasteiger partial charge < -0.3 is 15.2 Å². The summed E-state index contributed by atoms with van der Waals surface area (Å²) in [7, 11) is -3.30. The fourth-order valence-corrected chi connectivity index (χ4v) is 1.52. The Labute approximate surface area is 83.2 Å². The number of nitrogens with one attached hydrogen (secondary N) is 1. The molecule has 0 aliphatic carbocycles. The second kappa shape index (κ2) is 6.61. The summed E-state index contributed by atoms with van der Waals surface area (Å²) in [6.45, 7) is 1.56. The lowest BCUT2D eigenvalue weighted by Crippen LogP contribution is -2.26. The van der Waals surface area contributed by atoms with E-state index in [0.717, 1.165) is 0 Å². The van der Waals surface area contributed by atoms with Crippen molar-refractivity contribution in [3.63, 3.8) is 0 Å². The maximum Gasteiger partial charge on any atom is 0.407 e. The first-order valence-corrected chi connectivity index (χ1v) is 6.06. The zero-order valence-electron chi connectivity index (χ0n) is 8.02. The van der Waals surface area contributed by atoms with E-state index >= 15 is 0 Å². The minimum atomic E-state index is -3.30. The summed E-state index contributed by atoms with van der Waals surface area (Å²) in [5.74, 6) is -0.559. The number of carbonyl (C=O) groups is 1. The highest BCUT2D eigenvalue weighted by Gasteiger charge is 2.10. The van der Waals surface area contributed by atoms with Crippen LogP contribution in [0, 0.1) is 0 Å². The van der Waals surface area contributed by atoms with Crippen LogP contribution in [0.4, 0.5) is 4.79 Å². The van der Waals surface area contributed by atoms with Gasteiger partial charge in [0.05, 0.1) is 18.1 Å². The van der Waals surface area contributed by atoms with E-state index in [1.165, 1.54) is 0 Å².